The van der Waals surface area contributed by atoms with E-state index >= 15 is 0 Å². The van der Waals surface area contributed by atoms with Gasteiger partial charge in [0.2, 0.25) is 0 Å². The molecular formula is C18H36IN3O2S. The van der Waals surface area contributed by atoms with Crippen molar-refractivity contribution in [1.82, 2.24) is 10.2 Å². The number of unbranched alkanes of at least 4 members (excludes halogenated alkanes) is 1. The number of ether oxygens (including phenoxy) is 2. The van der Waals surface area contributed by atoms with E-state index in [9.17, 15) is 0 Å². The van der Waals surface area contributed by atoms with E-state index in [1.54, 1.807) is 0 Å². The minimum absolute atomic E-state index is 0. The molecule has 0 aliphatic carbocycles. The molecule has 0 aromatic carbocycles. The fourth-order valence-electron chi connectivity index (χ4n) is 3.32. The van der Waals surface area contributed by atoms with Crippen LogP contribution in [0.5, 0.6) is 0 Å². The number of aliphatic imine (C=N–C) groups is 1. The van der Waals surface area contributed by atoms with E-state index in [0.717, 1.165) is 58.1 Å². The fraction of sp³-hybridized carbons (Fsp3) is 0.944. The molecule has 0 aromatic heterocycles. The minimum atomic E-state index is 0. The van der Waals surface area contributed by atoms with Gasteiger partial charge < -0.3 is 19.7 Å². The largest absolute Gasteiger partial charge is 0.376 e. The number of nitrogens with one attached hydrogen (secondary N) is 1. The first kappa shape index (κ1) is 23.3. The Balaban J connectivity index is 0.00000312. The van der Waals surface area contributed by atoms with Crippen molar-refractivity contribution in [2.75, 3.05) is 51.9 Å². The van der Waals surface area contributed by atoms with Crippen molar-refractivity contribution >= 4 is 41.7 Å². The third-order valence-electron chi connectivity index (χ3n) is 4.80. The Morgan fingerprint density at radius 2 is 2.04 bits per heavy atom. The van der Waals surface area contributed by atoms with Crippen molar-refractivity contribution in [3.05, 3.63) is 0 Å². The van der Waals surface area contributed by atoms with Crippen LogP contribution in [0.25, 0.3) is 0 Å². The Labute approximate surface area is 175 Å². The van der Waals surface area contributed by atoms with Crippen molar-refractivity contribution < 1.29 is 9.47 Å². The molecule has 148 valence electrons. The lowest BCUT2D eigenvalue weighted by Crippen LogP contribution is -2.47. The molecule has 0 bridgehead atoms. The Morgan fingerprint density at radius 3 is 2.68 bits per heavy atom. The summed E-state index contributed by atoms with van der Waals surface area (Å²) >= 11 is 1.92. The average Bonchev–Trinajstić information content (AvgIpc) is 2.64. The summed E-state index contributed by atoms with van der Waals surface area (Å²) in [6.07, 6.45) is 11.2. The van der Waals surface area contributed by atoms with Crippen LogP contribution in [0.1, 0.15) is 44.9 Å². The molecule has 25 heavy (non-hydrogen) atoms. The fourth-order valence-corrected chi connectivity index (χ4v) is 3.81. The molecule has 0 aromatic rings. The second-order valence-electron chi connectivity index (χ2n) is 6.68. The van der Waals surface area contributed by atoms with Crippen LogP contribution in [-0.2, 0) is 9.47 Å². The highest BCUT2D eigenvalue weighted by Gasteiger charge is 2.23. The Bertz CT molecular complexity index is 360. The van der Waals surface area contributed by atoms with Crippen LogP contribution in [0.4, 0.5) is 0 Å². The summed E-state index contributed by atoms with van der Waals surface area (Å²) < 4.78 is 11.8. The van der Waals surface area contributed by atoms with Gasteiger partial charge in [0.05, 0.1) is 18.8 Å². The number of rotatable bonds is 8. The molecule has 2 aliphatic heterocycles. The van der Waals surface area contributed by atoms with E-state index in [1.165, 1.54) is 31.4 Å². The topological polar surface area (TPSA) is 46.1 Å². The molecular weight excluding hydrogens is 449 g/mol. The number of halogens is 1. The van der Waals surface area contributed by atoms with E-state index in [4.69, 9.17) is 9.47 Å². The van der Waals surface area contributed by atoms with Crippen molar-refractivity contribution in [3.63, 3.8) is 0 Å². The lowest BCUT2D eigenvalue weighted by molar-refractivity contribution is -0.0721. The molecule has 7 heteroatoms. The molecule has 0 radical (unpaired) electrons. The van der Waals surface area contributed by atoms with Crippen LogP contribution in [0, 0.1) is 0 Å². The summed E-state index contributed by atoms with van der Waals surface area (Å²) in [5.41, 5.74) is 0. The van der Waals surface area contributed by atoms with E-state index in [0.29, 0.717) is 12.2 Å². The Kier molecular flexibility index (Phi) is 13.4. The molecule has 2 fully saturated rings. The van der Waals surface area contributed by atoms with Gasteiger partial charge in [0.25, 0.3) is 0 Å². The van der Waals surface area contributed by atoms with Crippen molar-refractivity contribution in [2.45, 2.75) is 57.2 Å². The molecule has 2 heterocycles. The van der Waals surface area contributed by atoms with Crippen LogP contribution in [0.15, 0.2) is 4.99 Å². The molecule has 2 rings (SSSR count). The first-order chi connectivity index (χ1) is 11.8. The monoisotopic (exact) mass is 485 g/mol. The van der Waals surface area contributed by atoms with Crippen LogP contribution < -0.4 is 5.32 Å². The molecule has 1 N–H and O–H groups in total. The van der Waals surface area contributed by atoms with Gasteiger partial charge in [-0.3, -0.25) is 4.99 Å². The molecule has 5 nitrogen and oxygen atoms in total. The lowest BCUT2D eigenvalue weighted by Gasteiger charge is -2.35. The van der Waals surface area contributed by atoms with Gasteiger partial charge in [-0.05, 0) is 57.0 Å². The molecule has 1 unspecified atom stereocenters. The van der Waals surface area contributed by atoms with E-state index in [2.05, 4.69) is 21.5 Å². The summed E-state index contributed by atoms with van der Waals surface area (Å²) in [7, 11) is 1.88. The normalized spacial score (nSPS) is 22.6. The molecule has 0 saturated carbocycles. The van der Waals surface area contributed by atoms with Crippen LogP contribution >= 0.6 is 35.7 Å². The van der Waals surface area contributed by atoms with Gasteiger partial charge in [0, 0.05) is 33.3 Å². The lowest BCUT2D eigenvalue weighted by atomic mass is 10.1. The highest BCUT2D eigenvalue weighted by atomic mass is 127. The Hall–Kier alpha value is 0.270. The maximum atomic E-state index is 6.10. The smallest absolute Gasteiger partial charge is 0.193 e. The molecule has 2 saturated heterocycles. The average molecular weight is 485 g/mol. The standard InChI is InChI=1S/C18H35N3O2S.HI/c1-19-18(20-10-4-6-14-24-2)21-11-8-16(9-12-21)23-15-17-7-3-5-13-22-17;/h16-17H,3-15H2,1-2H3,(H,19,20);1H. The van der Waals surface area contributed by atoms with Crippen molar-refractivity contribution in [1.29, 1.82) is 0 Å². The number of hydrogen-bond donors (Lipinski definition) is 1. The molecule has 2 aliphatic rings. The molecule has 0 spiro atoms. The zero-order valence-corrected chi connectivity index (χ0v) is 19.0. The van der Waals surface area contributed by atoms with E-state index in [1.807, 2.05) is 18.8 Å². The first-order valence-electron chi connectivity index (χ1n) is 9.51. The number of nitrogens with zero attached hydrogens (tertiary/aromatic N) is 2. The van der Waals surface area contributed by atoms with Crippen molar-refractivity contribution in [2.24, 2.45) is 4.99 Å². The maximum absolute atomic E-state index is 6.10. The quantitative estimate of drug-likeness (QED) is 0.247. The first-order valence-corrected chi connectivity index (χ1v) is 10.9. The number of thioether (sulfide) groups is 1. The molecule has 0 amide bonds. The van der Waals surface area contributed by atoms with Gasteiger partial charge in [-0.15, -0.1) is 24.0 Å². The van der Waals surface area contributed by atoms with Gasteiger partial charge in [-0.2, -0.15) is 11.8 Å². The summed E-state index contributed by atoms with van der Waals surface area (Å²) in [5, 5.41) is 3.50. The Morgan fingerprint density at radius 1 is 1.24 bits per heavy atom. The summed E-state index contributed by atoms with van der Waals surface area (Å²) in [4.78, 5) is 6.81. The third kappa shape index (κ3) is 9.15. The summed E-state index contributed by atoms with van der Waals surface area (Å²) in [6, 6.07) is 0. The predicted octanol–water partition coefficient (Wildman–Crippen LogP) is 3.37. The third-order valence-corrected chi connectivity index (χ3v) is 5.50. The second-order valence-corrected chi connectivity index (χ2v) is 7.67. The summed E-state index contributed by atoms with van der Waals surface area (Å²) in [5.74, 6) is 2.29. The van der Waals surface area contributed by atoms with Gasteiger partial charge in [-0.1, -0.05) is 0 Å². The zero-order chi connectivity index (χ0) is 17.0. The number of guanidine groups is 1. The second kappa shape index (κ2) is 14.3. The number of piperidine rings is 1. The highest BCUT2D eigenvalue weighted by molar-refractivity contribution is 14.0. The molecule has 1 atom stereocenters. The predicted molar refractivity (Wildman–Crippen MR) is 119 cm³/mol. The van der Waals surface area contributed by atoms with Crippen LogP contribution in [0.3, 0.4) is 0 Å². The number of hydrogen-bond acceptors (Lipinski definition) is 4. The van der Waals surface area contributed by atoms with E-state index in [-0.39, 0.29) is 24.0 Å². The van der Waals surface area contributed by atoms with Crippen molar-refractivity contribution in [3.8, 4) is 0 Å². The summed E-state index contributed by atoms with van der Waals surface area (Å²) in [6.45, 7) is 4.75. The van der Waals surface area contributed by atoms with E-state index < -0.39 is 0 Å². The van der Waals surface area contributed by atoms with Gasteiger partial charge in [0.15, 0.2) is 5.96 Å². The van der Waals surface area contributed by atoms with Crippen LogP contribution in [-0.4, -0.2) is 75.0 Å². The van der Waals surface area contributed by atoms with Gasteiger partial charge in [-0.25, -0.2) is 0 Å². The van der Waals surface area contributed by atoms with Gasteiger partial charge in [0.1, 0.15) is 0 Å². The van der Waals surface area contributed by atoms with Crippen LogP contribution in [0.2, 0.25) is 0 Å². The number of likely N-dealkylation sites (tertiary alicyclic amines) is 1. The maximum Gasteiger partial charge on any atom is 0.193 e. The van der Waals surface area contributed by atoms with Gasteiger partial charge >= 0.3 is 0 Å². The zero-order valence-electron chi connectivity index (χ0n) is 15.9. The minimum Gasteiger partial charge on any atom is -0.376 e. The SMILES string of the molecule is CN=C(NCCCCSC)N1CCC(OCC2CCCCO2)CC1.I. The highest BCUT2D eigenvalue weighted by Crippen LogP contribution is 2.17.